The average molecular weight is 230 g/mol. The van der Waals surface area contributed by atoms with Gasteiger partial charge >= 0.3 is 0 Å². The molecule has 0 aliphatic carbocycles. The fourth-order valence-corrected chi connectivity index (χ4v) is 1.93. The van der Waals surface area contributed by atoms with Crippen molar-refractivity contribution in [3.63, 3.8) is 0 Å². The summed E-state index contributed by atoms with van der Waals surface area (Å²) < 4.78 is 1.47. The number of anilines is 1. The minimum atomic E-state index is 0.524. The largest absolute Gasteiger partial charge is 0.382 e. The van der Waals surface area contributed by atoms with Crippen LogP contribution >= 0.6 is 0 Å². The van der Waals surface area contributed by atoms with Gasteiger partial charge in [-0.3, -0.25) is 0 Å². The van der Waals surface area contributed by atoms with Gasteiger partial charge in [-0.1, -0.05) is 24.6 Å². The highest BCUT2D eigenvalue weighted by Crippen LogP contribution is 2.28. The topological polar surface area (TPSA) is 69.9 Å². The number of aryl methyl sites for hydroxylation is 3. The molecular formula is C13H18N4. The molecule has 0 atom stereocenters. The molecule has 0 saturated heterocycles. The van der Waals surface area contributed by atoms with Crippen LogP contribution in [0.4, 0.5) is 5.82 Å². The normalized spacial score (nSPS) is 10.8. The third-order valence-corrected chi connectivity index (χ3v) is 2.99. The first-order valence-electron chi connectivity index (χ1n) is 5.74. The van der Waals surface area contributed by atoms with Crippen LogP contribution in [0.15, 0.2) is 18.2 Å². The summed E-state index contributed by atoms with van der Waals surface area (Å²) in [6.07, 6.45) is 0.769. The van der Waals surface area contributed by atoms with Gasteiger partial charge in [0.25, 0.3) is 0 Å². The molecule has 17 heavy (non-hydrogen) atoms. The maximum absolute atomic E-state index is 6.01. The molecule has 4 N–H and O–H groups in total. The second kappa shape index (κ2) is 4.13. The van der Waals surface area contributed by atoms with Gasteiger partial charge in [0.15, 0.2) is 5.82 Å². The molecule has 0 spiro atoms. The number of imidazole rings is 1. The van der Waals surface area contributed by atoms with Gasteiger partial charge < -0.3 is 11.6 Å². The highest BCUT2D eigenvalue weighted by atomic mass is 15.4. The van der Waals surface area contributed by atoms with E-state index >= 15 is 0 Å². The van der Waals surface area contributed by atoms with E-state index in [9.17, 15) is 0 Å². The first-order valence-corrected chi connectivity index (χ1v) is 5.74. The smallest absolute Gasteiger partial charge is 0.150 e. The molecule has 0 amide bonds. The second-order valence-electron chi connectivity index (χ2n) is 4.30. The predicted octanol–water partition coefficient (Wildman–Crippen LogP) is 2.03. The predicted molar refractivity (Wildman–Crippen MR) is 71.1 cm³/mol. The third-order valence-electron chi connectivity index (χ3n) is 2.99. The fraction of sp³-hybridized carbons (Fsp3) is 0.308. The van der Waals surface area contributed by atoms with Gasteiger partial charge in [-0.15, -0.1) is 0 Å². The van der Waals surface area contributed by atoms with E-state index in [1.54, 1.807) is 0 Å². The minimum Gasteiger partial charge on any atom is -0.382 e. The molecule has 1 aromatic heterocycles. The van der Waals surface area contributed by atoms with Crippen LogP contribution in [0.3, 0.4) is 0 Å². The minimum absolute atomic E-state index is 0.524. The zero-order valence-corrected chi connectivity index (χ0v) is 10.5. The maximum Gasteiger partial charge on any atom is 0.150 e. The molecule has 1 heterocycles. The number of rotatable bonds is 2. The Morgan fingerprint density at radius 1 is 1.29 bits per heavy atom. The Morgan fingerprint density at radius 3 is 2.59 bits per heavy atom. The van der Waals surface area contributed by atoms with Crippen molar-refractivity contribution < 1.29 is 0 Å². The molecule has 4 nitrogen and oxygen atoms in total. The Balaban J connectivity index is 2.64. The number of nitrogen functional groups attached to an aromatic ring is 2. The summed E-state index contributed by atoms with van der Waals surface area (Å²) in [7, 11) is 0. The molecule has 90 valence electrons. The Morgan fingerprint density at radius 2 is 2.00 bits per heavy atom. The number of aromatic nitrogens is 2. The van der Waals surface area contributed by atoms with Gasteiger partial charge in [0, 0.05) is 12.0 Å². The van der Waals surface area contributed by atoms with Crippen LogP contribution in [0, 0.1) is 13.8 Å². The number of hydrogen-bond donors (Lipinski definition) is 2. The Hall–Kier alpha value is -1.97. The number of benzene rings is 1. The van der Waals surface area contributed by atoms with Gasteiger partial charge in [-0.2, -0.15) is 0 Å². The molecule has 0 aliphatic rings. The van der Waals surface area contributed by atoms with Crippen molar-refractivity contribution in [2.45, 2.75) is 27.2 Å². The van der Waals surface area contributed by atoms with Gasteiger partial charge in [-0.05, 0) is 25.5 Å². The monoisotopic (exact) mass is 230 g/mol. The first-order chi connectivity index (χ1) is 8.04. The van der Waals surface area contributed by atoms with Crippen molar-refractivity contribution in [1.82, 2.24) is 9.66 Å². The quantitative estimate of drug-likeness (QED) is 0.775. The molecule has 0 saturated carbocycles. The number of nitrogens with zero attached hydrogens (tertiary/aromatic N) is 2. The van der Waals surface area contributed by atoms with Crippen molar-refractivity contribution >= 4 is 5.82 Å². The van der Waals surface area contributed by atoms with E-state index in [0.29, 0.717) is 5.82 Å². The Labute approximate surface area is 101 Å². The summed E-state index contributed by atoms with van der Waals surface area (Å²) in [5, 5.41) is 0. The standard InChI is InChI=1S/C13H18N4/c1-4-11-16-12(13(14)17(11)15)10-7-8(2)5-6-9(10)3/h5-7H,4,14-15H2,1-3H3. The van der Waals surface area contributed by atoms with Gasteiger partial charge in [0.2, 0.25) is 0 Å². The van der Waals surface area contributed by atoms with Crippen LogP contribution < -0.4 is 11.6 Å². The zero-order valence-electron chi connectivity index (χ0n) is 10.5. The fourth-order valence-electron chi connectivity index (χ4n) is 1.93. The summed E-state index contributed by atoms with van der Waals surface area (Å²) in [5.41, 5.74) is 10.2. The molecular weight excluding hydrogens is 212 g/mol. The van der Waals surface area contributed by atoms with E-state index in [-0.39, 0.29) is 0 Å². The van der Waals surface area contributed by atoms with E-state index in [1.165, 1.54) is 10.2 Å². The molecule has 1 aromatic carbocycles. The highest BCUT2D eigenvalue weighted by Gasteiger charge is 2.14. The van der Waals surface area contributed by atoms with E-state index in [1.807, 2.05) is 6.92 Å². The summed E-state index contributed by atoms with van der Waals surface area (Å²) in [5.74, 6) is 7.20. The van der Waals surface area contributed by atoms with Crippen LogP contribution in [-0.2, 0) is 6.42 Å². The third kappa shape index (κ3) is 1.86. The van der Waals surface area contributed by atoms with E-state index in [0.717, 1.165) is 29.1 Å². The summed E-state index contributed by atoms with van der Waals surface area (Å²) in [6.45, 7) is 6.12. The second-order valence-corrected chi connectivity index (χ2v) is 4.30. The van der Waals surface area contributed by atoms with Crippen LogP contribution in [-0.4, -0.2) is 9.66 Å². The molecule has 0 aliphatic heterocycles. The molecule has 0 bridgehead atoms. The lowest BCUT2D eigenvalue weighted by molar-refractivity contribution is 0.865. The van der Waals surface area contributed by atoms with Crippen molar-refractivity contribution in [1.29, 1.82) is 0 Å². The van der Waals surface area contributed by atoms with E-state index in [4.69, 9.17) is 11.6 Å². The highest BCUT2D eigenvalue weighted by molar-refractivity contribution is 5.74. The van der Waals surface area contributed by atoms with Gasteiger partial charge in [0.05, 0.1) is 0 Å². The number of hydrogen-bond acceptors (Lipinski definition) is 3. The summed E-state index contributed by atoms with van der Waals surface area (Å²) >= 11 is 0. The molecule has 2 aromatic rings. The zero-order chi connectivity index (χ0) is 12.6. The van der Waals surface area contributed by atoms with E-state index in [2.05, 4.69) is 37.0 Å². The lowest BCUT2D eigenvalue weighted by atomic mass is 10.0. The van der Waals surface area contributed by atoms with Crippen LogP contribution in [0.1, 0.15) is 23.9 Å². The molecule has 0 radical (unpaired) electrons. The van der Waals surface area contributed by atoms with Crippen molar-refractivity contribution in [2.75, 3.05) is 11.6 Å². The van der Waals surface area contributed by atoms with Gasteiger partial charge in [-0.25, -0.2) is 9.66 Å². The summed E-state index contributed by atoms with van der Waals surface area (Å²) in [4.78, 5) is 4.51. The van der Waals surface area contributed by atoms with Crippen molar-refractivity contribution in [3.05, 3.63) is 35.2 Å². The lowest BCUT2D eigenvalue weighted by Crippen LogP contribution is -2.14. The number of nitrogens with two attached hydrogens (primary N) is 2. The molecule has 0 unspecified atom stereocenters. The Bertz CT molecular complexity index is 555. The molecule has 4 heteroatoms. The lowest BCUT2D eigenvalue weighted by Gasteiger charge is -2.05. The van der Waals surface area contributed by atoms with Crippen LogP contribution in [0.25, 0.3) is 11.3 Å². The molecule has 2 rings (SSSR count). The van der Waals surface area contributed by atoms with Crippen molar-refractivity contribution in [2.24, 2.45) is 0 Å². The average Bonchev–Trinajstić information content (AvgIpc) is 2.59. The first kappa shape index (κ1) is 11.5. The Kier molecular flexibility index (Phi) is 2.79. The van der Waals surface area contributed by atoms with Crippen molar-refractivity contribution in [3.8, 4) is 11.3 Å². The van der Waals surface area contributed by atoms with E-state index < -0.39 is 0 Å². The van der Waals surface area contributed by atoms with Gasteiger partial charge in [0.1, 0.15) is 11.5 Å². The maximum atomic E-state index is 6.01. The van der Waals surface area contributed by atoms with Crippen LogP contribution in [0.5, 0.6) is 0 Å². The van der Waals surface area contributed by atoms with Crippen LogP contribution in [0.2, 0.25) is 0 Å². The SMILES string of the molecule is CCc1nc(-c2cc(C)ccc2C)c(N)n1N. The summed E-state index contributed by atoms with van der Waals surface area (Å²) in [6, 6.07) is 6.24. The molecule has 0 fully saturated rings.